The monoisotopic (exact) mass is 1020 g/mol. The lowest BCUT2D eigenvalue weighted by Crippen LogP contribution is -2.60. The molecule has 1 aliphatic heterocycles. The zero-order valence-electron chi connectivity index (χ0n) is 43.8. The van der Waals surface area contributed by atoms with Gasteiger partial charge >= 0.3 is 5.97 Å². The number of hydrogen-bond acceptors (Lipinski definition) is 12. The lowest BCUT2D eigenvalue weighted by molar-refractivity contribution is -0.142. The lowest BCUT2D eigenvalue weighted by atomic mass is 9.99. The van der Waals surface area contributed by atoms with E-state index in [1.54, 1.807) is 13.8 Å². The Hall–Kier alpha value is -6.77. The summed E-state index contributed by atoms with van der Waals surface area (Å²) in [6.45, 7) is 17.7. The van der Waals surface area contributed by atoms with Crippen molar-refractivity contribution in [3.8, 4) is 11.5 Å². The number of carbonyl (C=O) groups is 9. The van der Waals surface area contributed by atoms with Crippen LogP contribution in [0.3, 0.4) is 0 Å². The Balaban J connectivity index is 1.73. The molecule has 3 rings (SSSR count). The number of aliphatic carboxylic acids is 1. The average molecular weight is 1020 g/mol. The molecule has 1 aliphatic rings. The first-order valence-electron chi connectivity index (χ1n) is 25.1. The normalized spacial score (nSPS) is 16.8. The molecule has 0 spiro atoms. The van der Waals surface area contributed by atoms with Gasteiger partial charge in [-0.3, -0.25) is 38.4 Å². The van der Waals surface area contributed by atoms with E-state index in [1.165, 1.54) is 67.3 Å². The number of carbonyl (C=O) groups excluding carboxylic acids is 8. The number of carboxylic acid groups (broad SMARTS) is 1. The van der Waals surface area contributed by atoms with Crippen LogP contribution in [0.25, 0.3) is 0 Å². The quantitative estimate of drug-likeness (QED) is 0.0606. The molecular formula is C52H79N9O12. The summed E-state index contributed by atoms with van der Waals surface area (Å²) in [4.78, 5) is 123. The van der Waals surface area contributed by atoms with E-state index in [0.717, 1.165) is 0 Å². The van der Waals surface area contributed by atoms with Crippen LogP contribution in [0.15, 0.2) is 48.5 Å². The van der Waals surface area contributed by atoms with E-state index in [0.29, 0.717) is 36.9 Å². The van der Waals surface area contributed by atoms with E-state index in [1.807, 2.05) is 41.5 Å². The van der Waals surface area contributed by atoms with Gasteiger partial charge < -0.3 is 63.2 Å². The Morgan fingerprint density at radius 1 is 0.534 bits per heavy atom. The Morgan fingerprint density at radius 3 is 1.41 bits per heavy atom. The maximum atomic E-state index is 14.0. The molecule has 9 atom stereocenters. The maximum Gasteiger partial charge on any atom is 0.326 e. The van der Waals surface area contributed by atoms with E-state index in [9.17, 15) is 58.5 Å². The predicted octanol–water partition coefficient (Wildman–Crippen LogP) is 1.51. The molecular weight excluding hydrogens is 943 g/mol. The van der Waals surface area contributed by atoms with Gasteiger partial charge in [-0.15, -0.1) is 0 Å². The number of nitrogens with two attached hydrogens (primary N) is 1. The highest BCUT2D eigenvalue weighted by atomic mass is 16.4. The molecule has 1 heterocycles. The first kappa shape index (κ1) is 60.5. The minimum Gasteiger partial charge on any atom is -0.508 e. The lowest BCUT2D eigenvalue weighted by Gasteiger charge is -2.29. The van der Waals surface area contributed by atoms with Gasteiger partial charge in [0.1, 0.15) is 59.8 Å². The number of nitrogens with zero attached hydrogens (tertiary/aromatic N) is 1. The van der Waals surface area contributed by atoms with Crippen LogP contribution in [-0.4, -0.2) is 134 Å². The van der Waals surface area contributed by atoms with E-state index in [-0.39, 0.29) is 60.8 Å². The van der Waals surface area contributed by atoms with Gasteiger partial charge in [-0.25, -0.2) is 4.79 Å². The molecule has 0 bridgehead atoms. The molecule has 2 aromatic carbocycles. The van der Waals surface area contributed by atoms with Gasteiger partial charge in [-0.2, -0.15) is 0 Å². The zero-order valence-corrected chi connectivity index (χ0v) is 43.8. The summed E-state index contributed by atoms with van der Waals surface area (Å²) >= 11 is 0. The fourth-order valence-electron chi connectivity index (χ4n) is 8.35. The van der Waals surface area contributed by atoms with Crippen LogP contribution in [0, 0.1) is 23.7 Å². The molecule has 21 heteroatoms. The number of likely N-dealkylation sites (tertiary alicyclic amines) is 1. The molecule has 0 unspecified atom stereocenters. The Morgan fingerprint density at radius 2 is 0.945 bits per heavy atom. The number of phenols is 2. The van der Waals surface area contributed by atoms with Crippen LogP contribution in [-0.2, 0) is 56.0 Å². The highest BCUT2D eigenvalue weighted by Crippen LogP contribution is 2.21. The Bertz CT molecular complexity index is 2220. The number of hydrogen-bond donors (Lipinski definition) is 11. The molecule has 404 valence electrons. The summed E-state index contributed by atoms with van der Waals surface area (Å²) in [6, 6.07) is 1.35. The summed E-state index contributed by atoms with van der Waals surface area (Å²) < 4.78 is 0. The third-order valence-corrected chi connectivity index (χ3v) is 12.3. The minimum absolute atomic E-state index is 0.0140. The molecule has 8 amide bonds. The number of phenolic OH excluding ortho intramolecular Hbond substituents is 2. The van der Waals surface area contributed by atoms with Crippen molar-refractivity contribution in [1.82, 2.24) is 42.1 Å². The van der Waals surface area contributed by atoms with Crippen molar-refractivity contribution < 1.29 is 58.5 Å². The van der Waals surface area contributed by atoms with Crippen molar-refractivity contribution in [2.45, 2.75) is 169 Å². The molecule has 21 nitrogen and oxygen atoms in total. The van der Waals surface area contributed by atoms with Gasteiger partial charge in [-0.1, -0.05) is 79.7 Å². The number of benzene rings is 2. The number of aromatic hydroxyl groups is 2. The smallest absolute Gasteiger partial charge is 0.326 e. The second-order valence-electron chi connectivity index (χ2n) is 20.7. The van der Waals surface area contributed by atoms with Crippen LogP contribution in [0.2, 0.25) is 0 Å². The van der Waals surface area contributed by atoms with Crippen LogP contribution in [0.4, 0.5) is 0 Å². The Kier molecular flexibility index (Phi) is 23.6. The fraction of sp³-hybridized carbons (Fsp3) is 0.596. The average Bonchev–Trinajstić information content (AvgIpc) is 3.80. The highest BCUT2D eigenvalue weighted by Gasteiger charge is 2.39. The van der Waals surface area contributed by atoms with Gasteiger partial charge in [0.15, 0.2) is 0 Å². The van der Waals surface area contributed by atoms with Crippen molar-refractivity contribution in [3.05, 3.63) is 59.7 Å². The van der Waals surface area contributed by atoms with Gasteiger partial charge in [0, 0.05) is 19.4 Å². The number of rotatable bonds is 27. The third-order valence-electron chi connectivity index (χ3n) is 12.3. The molecule has 0 aromatic heterocycles. The summed E-state index contributed by atoms with van der Waals surface area (Å²) in [7, 11) is 0. The summed E-state index contributed by atoms with van der Waals surface area (Å²) in [5, 5.41) is 47.9. The number of carboxylic acids is 1. The topological polar surface area (TPSA) is 328 Å². The molecule has 73 heavy (non-hydrogen) atoms. The van der Waals surface area contributed by atoms with Crippen molar-refractivity contribution in [3.63, 3.8) is 0 Å². The summed E-state index contributed by atoms with van der Waals surface area (Å²) in [5.41, 5.74) is 7.23. The van der Waals surface area contributed by atoms with Gasteiger partial charge in [-0.05, 0) is 105 Å². The largest absolute Gasteiger partial charge is 0.508 e. The van der Waals surface area contributed by atoms with Crippen molar-refractivity contribution in [2.24, 2.45) is 29.4 Å². The molecule has 1 fully saturated rings. The standard InChI is InChI=1S/C52H79N9O12/c1-27(2)22-37(53)51(71)61-21-11-12-42(61)49(69)57-38(23-28(3)4)46(66)54-31(9)44(64)56-40(25-33-13-17-35(62)18-14-33)47(67)55-32(10)45(65)60-43(30(7)8)50(70)58-39(24-29(5)6)48(68)59-41(52(72)73)26-34-15-19-36(63)20-16-34/h13-20,27-32,37-43,62-63H,11-12,21-26,53H2,1-10H3,(H,54,66)(H,55,67)(H,56,64)(H,57,69)(H,58,70)(H,59,68)(H,60,65)(H,72,73)/t31-,32-,37-,38-,39-,40-,41-,42-,43-/m0/s1. The van der Waals surface area contributed by atoms with E-state index >= 15 is 0 Å². The van der Waals surface area contributed by atoms with Crippen LogP contribution < -0.4 is 43.0 Å². The van der Waals surface area contributed by atoms with E-state index < -0.39 is 108 Å². The molecule has 12 N–H and O–H groups in total. The van der Waals surface area contributed by atoms with Gasteiger partial charge in [0.2, 0.25) is 47.3 Å². The van der Waals surface area contributed by atoms with E-state index in [2.05, 4.69) is 37.2 Å². The number of nitrogens with one attached hydrogen (secondary N) is 7. The molecule has 2 aromatic rings. The molecule has 0 aliphatic carbocycles. The second-order valence-corrected chi connectivity index (χ2v) is 20.7. The van der Waals surface area contributed by atoms with Crippen LogP contribution >= 0.6 is 0 Å². The fourth-order valence-corrected chi connectivity index (χ4v) is 8.35. The summed E-state index contributed by atoms with van der Waals surface area (Å²) in [5.74, 6) is -7.35. The van der Waals surface area contributed by atoms with Crippen LogP contribution in [0.5, 0.6) is 11.5 Å². The predicted molar refractivity (Wildman–Crippen MR) is 272 cm³/mol. The van der Waals surface area contributed by atoms with Crippen LogP contribution in [0.1, 0.15) is 112 Å². The van der Waals surface area contributed by atoms with Crippen molar-refractivity contribution in [1.29, 1.82) is 0 Å². The van der Waals surface area contributed by atoms with Crippen molar-refractivity contribution in [2.75, 3.05) is 6.54 Å². The maximum absolute atomic E-state index is 14.0. The highest BCUT2D eigenvalue weighted by molar-refractivity contribution is 5.98. The first-order chi connectivity index (χ1) is 34.2. The molecule has 0 saturated carbocycles. The molecule has 0 radical (unpaired) electrons. The third kappa shape index (κ3) is 19.6. The Labute approximate surface area is 428 Å². The van der Waals surface area contributed by atoms with E-state index in [4.69, 9.17) is 5.73 Å². The first-order valence-corrected chi connectivity index (χ1v) is 25.1. The zero-order chi connectivity index (χ0) is 54.9. The SMILES string of the molecule is CC(C)C[C@H](NC(=O)[C@@H](NC(=O)[C@H](C)NC(=O)[C@H](Cc1ccc(O)cc1)NC(=O)[C@H](C)NC(=O)[C@H](CC(C)C)NC(=O)[C@@H]1CCCN1C(=O)[C@@H](N)CC(C)C)C(C)C)C(=O)N[C@@H](Cc1ccc(O)cc1)C(=O)O. The second kappa shape index (κ2) is 28.5. The minimum atomic E-state index is -1.37. The van der Waals surface area contributed by atoms with Crippen molar-refractivity contribution >= 4 is 53.2 Å². The summed E-state index contributed by atoms with van der Waals surface area (Å²) in [6.07, 6.45) is 1.52. The molecule has 1 saturated heterocycles. The van der Waals surface area contributed by atoms with Gasteiger partial charge in [0.05, 0.1) is 6.04 Å². The number of amides is 8. The van der Waals surface area contributed by atoms with Gasteiger partial charge in [0.25, 0.3) is 0 Å².